The van der Waals surface area contributed by atoms with E-state index in [4.69, 9.17) is 11.6 Å². The number of hydrogen-bond donors (Lipinski definition) is 1. The molecule has 1 aromatic rings. The van der Waals surface area contributed by atoms with Crippen LogP contribution in [-0.2, 0) is 0 Å². The monoisotopic (exact) mass is 308 g/mol. The number of carbonyl (C=O) groups is 1. The van der Waals surface area contributed by atoms with Crippen molar-refractivity contribution in [3.8, 4) is 0 Å². The van der Waals surface area contributed by atoms with Gasteiger partial charge in [0.1, 0.15) is 0 Å². The van der Waals surface area contributed by atoms with E-state index in [2.05, 4.69) is 5.32 Å². The lowest BCUT2D eigenvalue weighted by molar-refractivity contribution is 0.0797. The fourth-order valence-electron chi connectivity index (χ4n) is 1.38. The van der Waals surface area contributed by atoms with Gasteiger partial charge in [0.2, 0.25) is 0 Å². The fraction of sp³-hybridized carbons (Fsp3) is 0.417. The first-order chi connectivity index (χ1) is 8.10. The van der Waals surface area contributed by atoms with Crippen LogP contribution in [-0.4, -0.2) is 44.2 Å². The second-order valence-electron chi connectivity index (χ2n) is 3.68. The number of nitrogens with zero attached hydrogens (tertiary/aromatic N) is 1. The Morgan fingerprint density at radius 3 is 2.72 bits per heavy atom. The normalized spacial score (nSPS) is 9.78. The number of likely N-dealkylation sites (N-methyl/N-ethyl adjacent to an activating group) is 2. The van der Waals surface area contributed by atoms with Gasteiger partial charge in [0.15, 0.2) is 0 Å². The molecule has 18 heavy (non-hydrogen) atoms. The van der Waals surface area contributed by atoms with Gasteiger partial charge in [-0.15, -0.1) is 24.2 Å². The average molecular weight is 309 g/mol. The number of benzene rings is 1. The van der Waals surface area contributed by atoms with Crippen LogP contribution in [0.15, 0.2) is 23.1 Å². The Kier molecular flexibility index (Phi) is 8.44. The summed E-state index contributed by atoms with van der Waals surface area (Å²) >= 11 is 7.65. The average Bonchev–Trinajstić information content (AvgIpc) is 2.35. The minimum Gasteiger partial charge on any atom is -0.340 e. The van der Waals surface area contributed by atoms with E-state index in [1.807, 2.05) is 25.4 Å². The molecule has 1 rings (SSSR count). The minimum absolute atomic E-state index is 0. The number of carbonyl (C=O) groups excluding carboxylic acids is 1. The highest BCUT2D eigenvalue weighted by molar-refractivity contribution is 7.98. The van der Waals surface area contributed by atoms with E-state index in [0.717, 1.165) is 11.4 Å². The molecule has 0 bridgehead atoms. The SMILES string of the molecule is CNCCN(C)C(=O)c1cc(SC)ccc1Cl.Cl. The summed E-state index contributed by atoms with van der Waals surface area (Å²) in [6, 6.07) is 5.52. The molecule has 0 aliphatic heterocycles. The number of halogens is 2. The van der Waals surface area contributed by atoms with Gasteiger partial charge >= 0.3 is 0 Å². The fourth-order valence-corrected chi connectivity index (χ4v) is 2.02. The van der Waals surface area contributed by atoms with Gasteiger partial charge in [0, 0.05) is 25.0 Å². The lowest BCUT2D eigenvalue weighted by atomic mass is 10.2. The van der Waals surface area contributed by atoms with Crippen LogP contribution < -0.4 is 5.32 Å². The van der Waals surface area contributed by atoms with Crippen LogP contribution in [0.4, 0.5) is 0 Å². The van der Waals surface area contributed by atoms with Crippen LogP contribution in [0.3, 0.4) is 0 Å². The van der Waals surface area contributed by atoms with E-state index in [1.165, 1.54) is 0 Å². The third kappa shape index (κ3) is 4.69. The van der Waals surface area contributed by atoms with Crippen molar-refractivity contribution in [3.63, 3.8) is 0 Å². The summed E-state index contributed by atoms with van der Waals surface area (Å²) in [7, 11) is 3.64. The standard InChI is InChI=1S/C12H17ClN2OS.ClH/c1-14-6-7-15(2)12(16)10-8-9(17-3)4-5-11(10)13;/h4-5,8,14H,6-7H2,1-3H3;1H. The van der Waals surface area contributed by atoms with Gasteiger partial charge < -0.3 is 10.2 Å². The van der Waals surface area contributed by atoms with Crippen molar-refractivity contribution in [1.29, 1.82) is 0 Å². The van der Waals surface area contributed by atoms with Crippen LogP contribution in [0.25, 0.3) is 0 Å². The number of thioether (sulfide) groups is 1. The molecule has 0 unspecified atom stereocenters. The molecule has 102 valence electrons. The second kappa shape index (κ2) is 8.64. The molecule has 0 spiro atoms. The summed E-state index contributed by atoms with van der Waals surface area (Å²) in [5.74, 6) is -0.0406. The van der Waals surface area contributed by atoms with Crippen LogP contribution in [0.5, 0.6) is 0 Å². The van der Waals surface area contributed by atoms with Crippen LogP contribution in [0.1, 0.15) is 10.4 Å². The topological polar surface area (TPSA) is 32.3 Å². The molecule has 3 nitrogen and oxygen atoms in total. The molecule has 0 fully saturated rings. The molecule has 0 aliphatic carbocycles. The first-order valence-corrected chi connectivity index (χ1v) is 6.94. The van der Waals surface area contributed by atoms with Crippen LogP contribution in [0, 0.1) is 0 Å². The van der Waals surface area contributed by atoms with E-state index in [1.54, 1.807) is 29.8 Å². The molecular weight excluding hydrogens is 291 g/mol. The molecule has 1 aromatic carbocycles. The predicted octanol–water partition coefficient (Wildman–Crippen LogP) is 2.78. The highest BCUT2D eigenvalue weighted by Crippen LogP contribution is 2.23. The van der Waals surface area contributed by atoms with E-state index < -0.39 is 0 Å². The van der Waals surface area contributed by atoms with E-state index >= 15 is 0 Å². The molecule has 0 aromatic heterocycles. The van der Waals surface area contributed by atoms with Crippen LogP contribution >= 0.6 is 35.8 Å². The summed E-state index contributed by atoms with van der Waals surface area (Å²) < 4.78 is 0. The van der Waals surface area contributed by atoms with E-state index in [9.17, 15) is 4.79 Å². The van der Waals surface area contributed by atoms with Crippen molar-refractivity contribution in [2.24, 2.45) is 0 Å². The zero-order chi connectivity index (χ0) is 12.8. The molecule has 1 amide bonds. The van der Waals surface area contributed by atoms with Gasteiger partial charge in [-0.25, -0.2) is 0 Å². The molecular formula is C12H18Cl2N2OS. The van der Waals surface area contributed by atoms with Crippen molar-refractivity contribution in [1.82, 2.24) is 10.2 Å². The minimum atomic E-state index is -0.0406. The van der Waals surface area contributed by atoms with Crippen molar-refractivity contribution in [2.45, 2.75) is 4.90 Å². The van der Waals surface area contributed by atoms with Gasteiger partial charge in [-0.2, -0.15) is 0 Å². The largest absolute Gasteiger partial charge is 0.340 e. The predicted molar refractivity (Wildman–Crippen MR) is 81.4 cm³/mol. The van der Waals surface area contributed by atoms with Crippen molar-refractivity contribution in [3.05, 3.63) is 28.8 Å². The van der Waals surface area contributed by atoms with Crippen molar-refractivity contribution < 1.29 is 4.79 Å². The second-order valence-corrected chi connectivity index (χ2v) is 4.96. The number of rotatable bonds is 5. The third-order valence-electron chi connectivity index (χ3n) is 2.45. The zero-order valence-electron chi connectivity index (χ0n) is 10.7. The highest BCUT2D eigenvalue weighted by Gasteiger charge is 2.15. The number of nitrogens with one attached hydrogen (secondary N) is 1. The lowest BCUT2D eigenvalue weighted by Gasteiger charge is -2.18. The van der Waals surface area contributed by atoms with Gasteiger partial charge in [-0.1, -0.05) is 11.6 Å². The Bertz CT molecular complexity index is 402. The van der Waals surface area contributed by atoms with Gasteiger partial charge in [0.25, 0.3) is 5.91 Å². The summed E-state index contributed by atoms with van der Waals surface area (Å²) in [6.45, 7) is 1.43. The molecule has 0 heterocycles. The molecule has 6 heteroatoms. The highest BCUT2D eigenvalue weighted by atomic mass is 35.5. The van der Waals surface area contributed by atoms with E-state index in [-0.39, 0.29) is 18.3 Å². The first-order valence-electron chi connectivity index (χ1n) is 5.33. The Morgan fingerprint density at radius 2 is 2.17 bits per heavy atom. The lowest BCUT2D eigenvalue weighted by Crippen LogP contribution is -2.32. The third-order valence-corrected chi connectivity index (χ3v) is 3.50. The number of amides is 1. The quantitative estimate of drug-likeness (QED) is 0.849. The molecule has 0 aliphatic rings. The first kappa shape index (κ1) is 17.6. The Balaban J connectivity index is 0.00000289. The Labute approximate surface area is 124 Å². The number of hydrogen-bond acceptors (Lipinski definition) is 3. The maximum absolute atomic E-state index is 12.1. The smallest absolute Gasteiger partial charge is 0.255 e. The maximum atomic E-state index is 12.1. The summed E-state index contributed by atoms with van der Waals surface area (Å²) in [5, 5.41) is 3.51. The Hall–Kier alpha value is -0.420. The zero-order valence-corrected chi connectivity index (χ0v) is 13.1. The molecule has 0 radical (unpaired) electrons. The summed E-state index contributed by atoms with van der Waals surface area (Å²) in [6.07, 6.45) is 1.97. The maximum Gasteiger partial charge on any atom is 0.255 e. The Morgan fingerprint density at radius 1 is 1.50 bits per heavy atom. The molecule has 0 atom stereocenters. The molecule has 1 N–H and O–H groups in total. The molecule has 0 saturated heterocycles. The molecule has 0 saturated carbocycles. The van der Waals surface area contributed by atoms with Crippen molar-refractivity contribution >= 4 is 41.7 Å². The van der Waals surface area contributed by atoms with Gasteiger partial charge in [-0.05, 0) is 31.5 Å². The van der Waals surface area contributed by atoms with E-state index in [0.29, 0.717) is 17.1 Å². The summed E-state index contributed by atoms with van der Waals surface area (Å²) in [4.78, 5) is 14.9. The van der Waals surface area contributed by atoms with Crippen molar-refractivity contribution in [2.75, 3.05) is 33.4 Å². The van der Waals surface area contributed by atoms with Gasteiger partial charge in [0.05, 0.1) is 10.6 Å². The summed E-state index contributed by atoms with van der Waals surface area (Å²) in [5.41, 5.74) is 0.567. The van der Waals surface area contributed by atoms with Crippen LogP contribution in [0.2, 0.25) is 5.02 Å². The van der Waals surface area contributed by atoms with Gasteiger partial charge in [-0.3, -0.25) is 4.79 Å².